The number of nitrogens with one attached hydrogen (secondary N) is 1. The van der Waals surface area contributed by atoms with E-state index in [0.29, 0.717) is 6.04 Å². The van der Waals surface area contributed by atoms with Gasteiger partial charge in [-0.25, -0.2) is 4.39 Å². The maximum atomic E-state index is 12.7. The van der Waals surface area contributed by atoms with Gasteiger partial charge in [-0.1, -0.05) is 12.8 Å². The number of rotatable bonds is 7. The van der Waals surface area contributed by atoms with Crippen LogP contribution in [-0.4, -0.2) is 18.8 Å². The molecule has 1 atom stereocenters. The Morgan fingerprint density at radius 3 is 2.65 bits per heavy atom. The normalized spacial score (nSPS) is 17.1. The molecule has 2 rings (SSSR count). The third-order valence-corrected chi connectivity index (χ3v) is 4.47. The Hall–Kier alpha value is -0.540. The minimum absolute atomic E-state index is 0.159. The number of hydrogen-bond acceptors (Lipinski definition) is 2. The second-order valence-electron chi connectivity index (χ2n) is 4.77. The average Bonchev–Trinajstić information content (AvgIpc) is 3.15. The van der Waals surface area contributed by atoms with Crippen LogP contribution in [-0.2, 0) is 0 Å². The zero-order valence-electron chi connectivity index (χ0n) is 10.3. The molecule has 0 spiro atoms. The molecule has 1 N–H and O–H groups in total. The first-order valence-electron chi connectivity index (χ1n) is 6.33. The summed E-state index contributed by atoms with van der Waals surface area (Å²) in [6.07, 6.45) is 5.48. The van der Waals surface area contributed by atoms with Gasteiger partial charge in [0.25, 0.3) is 0 Å². The van der Waals surface area contributed by atoms with Gasteiger partial charge in [-0.05, 0) is 50.1 Å². The van der Waals surface area contributed by atoms with Crippen LogP contribution >= 0.6 is 11.8 Å². The van der Waals surface area contributed by atoms with E-state index in [1.165, 1.54) is 37.8 Å². The summed E-state index contributed by atoms with van der Waals surface area (Å²) < 4.78 is 12.7. The molecule has 1 nitrogen and oxygen atoms in total. The molecule has 1 aliphatic rings. The van der Waals surface area contributed by atoms with Gasteiger partial charge >= 0.3 is 0 Å². The topological polar surface area (TPSA) is 12.0 Å². The molecule has 1 aliphatic carbocycles. The van der Waals surface area contributed by atoms with Gasteiger partial charge in [0, 0.05) is 16.7 Å². The minimum Gasteiger partial charge on any atom is -0.316 e. The van der Waals surface area contributed by atoms with Gasteiger partial charge < -0.3 is 5.32 Å². The molecule has 3 heteroatoms. The monoisotopic (exact) mass is 253 g/mol. The van der Waals surface area contributed by atoms with E-state index >= 15 is 0 Å². The first-order valence-corrected chi connectivity index (χ1v) is 7.32. The third-order valence-electron chi connectivity index (χ3n) is 3.29. The van der Waals surface area contributed by atoms with Gasteiger partial charge in [-0.2, -0.15) is 0 Å². The van der Waals surface area contributed by atoms with Crippen molar-refractivity contribution in [2.75, 3.05) is 12.8 Å². The lowest BCUT2D eigenvalue weighted by Crippen LogP contribution is -2.27. The van der Waals surface area contributed by atoms with Crippen molar-refractivity contribution in [3.63, 3.8) is 0 Å². The smallest absolute Gasteiger partial charge is 0.123 e. The maximum absolute atomic E-state index is 12.7. The van der Waals surface area contributed by atoms with Crippen LogP contribution in [0.5, 0.6) is 0 Å². The Bertz CT molecular complexity index is 335. The molecule has 0 radical (unpaired) electrons. The number of halogens is 1. The van der Waals surface area contributed by atoms with E-state index in [2.05, 4.69) is 5.32 Å². The molecule has 17 heavy (non-hydrogen) atoms. The molecule has 94 valence electrons. The molecule has 1 saturated carbocycles. The van der Waals surface area contributed by atoms with Gasteiger partial charge in [-0.3, -0.25) is 0 Å². The maximum Gasteiger partial charge on any atom is 0.123 e. The van der Waals surface area contributed by atoms with Gasteiger partial charge in [0.15, 0.2) is 0 Å². The molecule has 0 aromatic heterocycles. The average molecular weight is 253 g/mol. The second kappa shape index (κ2) is 6.41. The highest BCUT2D eigenvalue weighted by molar-refractivity contribution is 7.99. The van der Waals surface area contributed by atoms with Crippen LogP contribution in [0.25, 0.3) is 0 Å². The molecule has 1 unspecified atom stereocenters. The lowest BCUT2D eigenvalue weighted by molar-refractivity contribution is 0.526. The van der Waals surface area contributed by atoms with Crippen LogP contribution < -0.4 is 5.32 Å². The standard InChI is InChI=1S/C14H20FNS/c1-16-13(7-4-11-2-3-11)10-17-14-8-5-12(15)6-9-14/h5-6,8-9,11,13,16H,2-4,7,10H2,1H3. The predicted molar refractivity (Wildman–Crippen MR) is 71.9 cm³/mol. The summed E-state index contributed by atoms with van der Waals surface area (Å²) in [6.45, 7) is 0. The highest BCUT2D eigenvalue weighted by Crippen LogP contribution is 2.34. The fourth-order valence-corrected chi connectivity index (χ4v) is 2.94. The largest absolute Gasteiger partial charge is 0.316 e. The Morgan fingerprint density at radius 2 is 2.06 bits per heavy atom. The molecule has 1 aromatic carbocycles. The van der Waals surface area contributed by atoms with Gasteiger partial charge in [0.1, 0.15) is 5.82 Å². The van der Waals surface area contributed by atoms with Crippen molar-refractivity contribution < 1.29 is 4.39 Å². The molecular formula is C14H20FNS. The van der Waals surface area contributed by atoms with Crippen molar-refractivity contribution in [1.82, 2.24) is 5.32 Å². The summed E-state index contributed by atoms with van der Waals surface area (Å²) in [5.74, 6) is 1.91. The van der Waals surface area contributed by atoms with Crippen LogP contribution in [0.2, 0.25) is 0 Å². The summed E-state index contributed by atoms with van der Waals surface area (Å²) in [5, 5.41) is 3.37. The zero-order chi connectivity index (χ0) is 12.1. The Kier molecular flexibility index (Phi) is 4.86. The van der Waals surface area contributed by atoms with Crippen LogP contribution in [0, 0.1) is 11.7 Å². The van der Waals surface area contributed by atoms with Gasteiger partial charge in [0.05, 0.1) is 0 Å². The first-order chi connectivity index (χ1) is 8.28. The Morgan fingerprint density at radius 1 is 1.35 bits per heavy atom. The van der Waals surface area contributed by atoms with E-state index in [9.17, 15) is 4.39 Å². The van der Waals surface area contributed by atoms with Crippen LogP contribution in [0.3, 0.4) is 0 Å². The fourth-order valence-electron chi connectivity index (χ4n) is 1.88. The first kappa shape index (κ1) is 12.9. The molecule has 0 amide bonds. The van der Waals surface area contributed by atoms with E-state index < -0.39 is 0 Å². The molecular weight excluding hydrogens is 233 g/mol. The molecule has 0 saturated heterocycles. The summed E-state index contributed by atoms with van der Waals surface area (Å²) in [4.78, 5) is 1.15. The van der Waals surface area contributed by atoms with E-state index in [-0.39, 0.29) is 5.82 Å². The van der Waals surface area contributed by atoms with Gasteiger partial charge in [-0.15, -0.1) is 11.8 Å². The highest BCUT2D eigenvalue weighted by Gasteiger charge is 2.22. The quantitative estimate of drug-likeness (QED) is 0.744. The minimum atomic E-state index is -0.159. The van der Waals surface area contributed by atoms with Crippen molar-refractivity contribution >= 4 is 11.8 Å². The molecule has 0 aliphatic heterocycles. The predicted octanol–water partition coefficient (Wildman–Crippen LogP) is 3.70. The Labute approximate surface area is 107 Å². The van der Waals surface area contributed by atoms with Gasteiger partial charge in [0.2, 0.25) is 0 Å². The second-order valence-corrected chi connectivity index (χ2v) is 5.86. The third kappa shape index (κ3) is 4.68. The van der Waals surface area contributed by atoms with Crippen molar-refractivity contribution in [3.05, 3.63) is 30.1 Å². The molecule has 1 fully saturated rings. The number of thioether (sulfide) groups is 1. The summed E-state index contributed by atoms with van der Waals surface area (Å²) in [7, 11) is 2.03. The number of hydrogen-bond donors (Lipinski definition) is 1. The van der Waals surface area contributed by atoms with Crippen molar-refractivity contribution in [1.29, 1.82) is 0 Å². The van der Waals surface area contributed by atoms with Crippen molar-refractivity contribution in [2.45, 2.75) is 36.6 Å². The molecule has 0 heterocycles. The number of benzene rings is 1. The fraction of sp³-hybridized carbons (Fsp3) is 0.571. The summed E-state index contributed by atoms with van der Waals surface area (Å²) in [6, 6.07) is 7.34. The SMILES string of the molecule is CNC(CCC1CC1)CSc1ccc(F)cc1. The van der Waals surface area contributed by atoms with E-state index in [1.807, 2.05) is 19.2 Å². The van der Waals surface area contributed by atoms with E-state index in [1.54, 1.807) is 11.8 Å². The van der Waals surface area contributed by atoms with Crippen molar-refractivity contribution in [2.24, 2.45) is 5.92 Å². The Balaban J connectivity index is 1.72. The van der Waals surface area contributed by atoms with Crippen LogP contribution in [0.1, 0.15) is 25.7 Å². The summed E-state index contributed by atoms with van der Waals surface area (Å²) in [5.41, 5.74) is 0. The zero-order valence-corrected chi connectivity index (χ0v) is 11.1. The molecule has 1 aromatic rings. The van der Waals surface area contributed by atoms with Crippen LogP contribution in [0.4, 0.5) is 4.39 Å². The van der Waals surface area contributed by atoms with E-state index in [4.69, 9.17) is 0 Å². The van der Waals surface area contributed by atoms with Crippen LogP contribution in [0.15, 0.2) is 29.2 Å². The highest BCUT2D eigenvalue weighted by atomic mass is 32.2. The van der Waals surface area contributed by atoms with Crippen molar-refractivity contribution in [3.8, 4) is 0 Å². The lowest BCUT2D eigenvalue weighted by atomic mass is 10.1. The molecule has 0 bridgehead atoms. The van der Waals surface area contributed by atoms with E-state index in [0.717, 1.165) is 16.6 Å². The summed E-state index contributed by atoms with van der Waals surface area (Å²) >= 11 is 1.80. The lowest BCUT2D eigenvalue weighted by Gasteiger charge is -2.15.